The van der Waals surface area contributed by atoms with E-state index in [2.05, 4.69) is 5.10 Å². The number of hydrazone groups is 1. The minimum atomic E-state index is -0.220. The van der Waals surface area contributed by atoms with Crippen LogP contribution in [0.25, 0.3) is 6.08 Å². The molecule has 114 valence electrons. The molecule has 0 bridgehead atoms. The highest BCUT2D eigenvalue weighted by molar-refractivity contribution is 8.26. The van der Waals surface area contributed by atoms with E-state index in [1.807, 2.05) is 42.5 Å². The van der Waals surface area contributed by atoms with Crippen LogP contribution in [-0.2, 0) is 4.79 Å². The lowest BCUT2D eigenvalue weighted by Gasteiger charge is -2.05. The predicted molar refractivity (Wildman–Crippen MR) is 100 cm³/mol. The third kappa shape index (κ3) is 3.88. The van der Waals surface area contributed by atoms with Crippen LogP contribution < -0.4 is 0 Å². The van der Waals surface area contributed by atoms with Gasteiger partial charge in [0.1, 0.15) is 0 Å². The van der Waals surface area contributed by atoms with Gasteiger partial charge in [0.15, 0.2) is 4.32 Å². The number of thiocarbonyl (C=S) groups is 1. The molecule has 1 heterocycles. The number of carbonyl (C=O) groups excluding carboxylic acids is 1. The highest BCUT2D eigenvalue weighted by Crippen LogP contribution is 2.32. The molecule has 2 aromatic rings. The molecule has 1 aliphatic rings. The molecule has 0 aliphatic carbocycles. The molecule has 2 aromatic carbocycles. The summed E-state index contributed by atoms with van der Waals surface area (Å²) in [4.78, 5) is 13.0. The Kier molecular flexibility index (Phi) is 4.91. The van der Waals surface area contributed by atoms with Crippen molar-refractivity contribution in [3.63, 3.8) is 0 Å². The third-order valence-electron chi connectivity index (χ3n) is 3.06. The largest absolute Gasteiger partial charge is 0.286 e. The topological polar surface area (TPSA) is 32.7 Å². The molecule has 0 atom stereocenters. The van der Waals surface area contributed by atoms with Crippen LogP contribution in [0.15, 0.2) is 64.6 Å². The summed E-state index contributed by atoms with van der Waals surface area (Å²) in [5, 5.41) is 6.10. The van der Waals surface area contributed by atoms with Crippen molar-refractivity contribution in [3.8, 4) is 0 Å². The highest BCUT2D eigenvalue weighted by Gasteiger charge is 2.31. The second-order valence-corrected chi connectivity index (χ2v) is 6.81. The minimum Gasteiger partial charge on any atom is -0.266 e. The van der Waals surface area contributed by atoms with E-state index in [9.17, 15) is 4.79 Å². The summed E-state index contributed by atoms with van der Waals surface area (Å²) in [6.45, 7) is 0. The number of nitrogens with zero attached hydrogens (tertiary/aromatic N) is 2. The number of halogens is 1. The van der Waals surface area contributed by atoms with Crippen molar-refractivity contribution < 1.29 is 4.79 Å². The van der Waals surface area contributed by atoms with Crippen molar-refractivity contribution >= 4 is 58.1 Å². The van der Waals surface area contributed by atoms with Gasteiger partial charge in [0.25, 0.3) is 5.91 Å². The van der Waals surface area contributed by atoms with Gasteiger partial charge in [0.2, 0.25) is 0 Å². The van der Waals surface area contributed by atoms with Gasteiger partial charge in [0.05, 0.1) is 11.1 Å². The molecule has 0 N–H and O–H groups in total. The molecule has 0 saturated carbocycles. The van der Waals surface area contributed by atoms with E-state index in [4.69, 9.17) is 23.8 Å². The van der Waals surface area contributed by atoms with Crippen molar-refractivity contribution in [2.24, 2.45) is 5.10 Å². The summed E-state index contributed by atoms with van der Waals surface area (Å²) in [6.07, 6.45) is 3.41. The van der Waals surface area contributed by atoms with E-state index < -0.39 is 0 Å². The summed E-state index contributed by atoms with van der Waals surface area (Å²) < 4.78 is 0.419. The molecule has 0 radical (unpaired) electrons. The first-order chi connectivity index (χ1) is 11.1. The molecule has 6 heteroatoms. The second-order valence-electron chi connectivity index (χ2n) is 4.70. The molecule has 23 heavy (non-hydrogen) atoms. The first-order valence-corrected chi connectivity index (χ1v) is 8.36. The zero-order valence-electron chi connectivity index (χ0n) is 11.8. The van der Waals surface area contributed by atoms with Crippen LogP contribution in [0.3, 0.4) is 0 Å². The summed E-state index contributed by atoms with van der Waals surface area (Å²) in [7, 11) is 0. The van der Waals surface area contributed by atoms with Gasteiger partial charge in [-0.05, 0) is 41.6 Å². The zero-order chi connectivity index (χ0) is 16.2. The lowest BCUT2D eigenvalue weighted by atomic mass is 10.2. The van der Waals surface area contributed by atoms with Crippen molar-refractivity contribution in [1.82, 2.24) is 5.01 Å². The van der Waals surface area contributed by atoms with Gasteiger partial charge in [0, 0.05) is 5.02 Å². The molecule has 3 rings (SSSR count). The summed E-state index contributed by atoms with van der Waals surface area (Å²) in [5.74, 6) is -0.220. The summed E-state index contributed by atoms with van der Waals surface area (Å²) in [6, 6.07) is 16.8. The van der Waals surface area contributed by atoms with E-state index in [1.165, 1.54) is 16.8 Å². The Labute approximate surface area is 148 Å². The van der Waals surface area contributed by atoms with Gasteiger partial charge in [-0.15, -0.1) is 0 Å². The van der Waals surface area contributed by atoms with Crippen molar-refractivity contribution in [3.05, 3.63) is 75.7 Å². The van der Waals surface area contributed by atoms with Gasteiger partial charge >= 0.3 is 0 Å². The molecule has 3 nitrogen and oxygen atoms in total. The number of carbonyl (C=O) groups is 1. The molecular formula is C17H11ClN2OS2. The summed E-state index contributed by atoms with van der Waals surface area (Å²) >= 11 is 12.3. The Balaban J connectivity index is 1.80. The predicted octanol–water partition coefficient (Wildman–Crippen LogP) is 4.58. The van der Waals surface area contributed by atoms with Crippen LogP contribution in [0.2, 0.25) is 5.02 Å². The fourth-order valence-electron chi connectivity index (χ4n) is 1.93. The van der Waals surface area contributed by atoms with E-state index in [1.54, 1.807) is 24.4 Å². The van der Waals surface area contributed by atoms with Gasteiger partial charge in [-0.2, -0.15) is 10.1 Å². The maximum atomic E-state index is 12.4. The van der Waals surface area contributed by atoms with Crippen molar-refractivity contribution in [1.29, 1.82) is 0 Å². The van der Waals surface area contributed by atoms with Crippen LogP contribution in [0.1, 0.15) is 11.1 Å². The fourth-order valence-corrected chi connectivity index (χ4v) is 3.23. The molecule has 0 aromatic heterocycles. The smallest absolute Gasteiger partial charge is 0.266 e. The average Bonchev–Trinajstić information content (AvgIpc) is 2.82. The normalized spacial score (nSPS) is 16.7. The Morgan fingerprint density at radius 3 is 2.43 bits per heavy atom. The van der Waals surface area contributed by atoms with Crippen LogP contribution >= 0.6 is 35.6 Å². The zero-order valence-corrected chi connectivity index (χ0v) is 14.2. The fraction of sp³-hybridized carbons (Fsp3) is 0. The van der Waals surface area contributed by atoms with E-state index in [0.29, 0.717) is 14.2 Å². The number of benzene rings is 2. The number of thioether (sulfide) groups is 1. The highest BCUT2D eigenvalue weighted by atomic mass is 35.5. The molecule has 0 unspecified atom stereocenters. The first-order valence-electron chi connectivity index (χ1n) is 6.76. The number of rotatable bonds is 3. The van der Waals surface area contributed by atoms with Crippen LogP contribution in [0, 0.1) is 0 Å². The maximum Gasteiger partial charge on any atom is 0.286 e. The van der Waals surface area contributed by atoms with Gasteiger partial charge < -0.3 is 0 Å². The first kappa shape index (κ1) is 15.9. The molecular weight excluding hydrogens is 348 g/mol. The maximum absolute atomic E-state index is 12.4. The number of hydrogen-bond donors (Lipinski definition) is 0. The van der Waals surface area contributed by atoms with Gasteiger partial charge in [-0.1, -0.05) is 65.8 Å². The number of amides is 1. The van der Waals surface area contributed by atoms with Crippen LogP contribution in [-0.4, -0.2) is 21.5 Å². The van der Waals surface area contributed by atoms with Crippen LogP contribution in [0.5, 0.6) is 0 Å². The van der Waals surface area contributed by atoms with Crippen molar-refractivity contribution in [2.45, 2.75) is 0 Å². The van der Waals surface area contributed by atoms with Gasteiger partial charge in [-0.3, -0.25) is 4.79 Å². The number of hydrogen-bond acceptors (Lipinski definition) is 4. The minimum absolute atomic E-state index is 0.220. The molecule has 1 fully saturated rings. The molecule has 1 amide bonds. The SMILES string of the molecule is O=C1/C(=C\c2ccc(Cl)cc2)SC(=S)N1/N=C/c1ccccc1. The molecule has 1 aliphatic heterocycles. The molecule has 1 saturated heterocycles. The van der Waals surface area contributed by atoms with Crippen LogP contribution in [0.4, 0.5) is 0 Å². The average molecular weight is 359 g/mol. The van der Waals surface area contributed by atoms with Crippen molar-refractivity contribution in [2.75, 3.05) is 0 Å². The van der Waals surface area contributed by atoms with E-state index in [0.717, 1.165) is 11.1 Å². The standard InChI is InChI=1S/C17H11ClN2OS2/c18-14-8-6-12(7-9-14)10-15-16(21)20(17(22)23-15)19-11-13-4-2-1-3-5-13/h1-11H/b15-10+,19-11+. The Morgan fingerprint density at radius 1 is 1.04 bits per heavy atom. The van der Waals surface area contributed by atoms with Gasteiger partial charge in [-0.25, -0.2) is 0 Å². The lowest BCUT2D eigenvalue weighted by molar-refractivity contribution is -0.122. The monoisotopic (exact) mass is 358 g/mol. The quantitative estimate of drug-likeness (QED) is 0.457. The second kappa shape index (κ2) is 7.08. The third-order valence-corrected chi connectivity index (χ3v) is 4.60. The molecule has 0 spiro atoms. The summed E-state index contributed by atoms with van der Waals surface area (Å²) in [5.41, 5.74) is 1.80. The Bertz CT molecular complexity index is 801. The Morgan fingerprint density at radius 2 is 1.74 bits per heavy atom. The Hall–Kier alpha value is -1.95. The lowest BCUT2D eigenvalue weighted by Crippen LogP contribution is -2.22. The van der Waals surface area contributed by atoms with E-state index >= 15 is 0 Å². The van der Waals surface area contributed by atoms with E-state index in [-0.39, 0.29) is 5.91 Å².